The highest BCUT2D eigenvalue weighted by Crippen LogP contribution is 2.42. The van der Waals surface area contributed by atoms with Gasteiger partial charge in [0.05, 0.1) is 23.5 Å². The first-order chi connectivity index (χ1) is 17.8. The van der Waals surface area contributed by atoms with E-state index in [1.54, 1.807) is 46.1 Å². The Morgan fingerprint density at radius 1 is 1.16 bits per heavy atom. The van der Waals surface area contributed by atoms with Crippen LogP contribution in [0.25, 0.3) is 0 Å². The minimum atomic E-state index is -2.70. The standard InChI is InChI=1S/C27H33F2N3O5S/c1-26(2,3)37-25(35)31-32-15-38-23-20(24(34)30-18-9-11-27(28,29)12-10-18)14-17(22(33)21(23)32)13-16-5-7-19(36-4)8-6-16/h5-8,14,17-18H,9-13,15H2,1-4H3,(H,30,34)(H,31,35). The van der Waals surface area contributed by atoms with Crippen LogP contribution in [-0.2, 0) is 20.7 Å². The number of hydrogen-bond donors (Lipinski definition) is 2. The lowest BCUT2D eigenvalue weighted by Gasteiger charge is -2.30. The van der Waals surface area contributed by atoms with Crippen molar-refractivity contribution in [2.24, 2.45) is 5.92 Å². The Morgan fingerprint density at radius 3 is 2.42 bits per heavy atom. The van der Waals surface area contributed by atoms with Crippen LogP contribution in [0.5, 0.6) is 5.75 Å². The number of ketones is 1. The molecule has 1 aromatic carbocycles. The summed E-state index contributed by atoms with van der Waals surface area (Å²) in [5.41, 5.74) is 3.30. The summed E-state index contributed by atoms with van der Waals surface area (Å²) in [7, 11) is 1.57. The summed E-state index contributed by atoms with van der Waals surface area (Å²) >= 11 is 1.26. The van der Waals surface area contributed by atoms with Gasteiger partial charge < -0.3 is 14.8 Å². The summed E-state index contributed by atoms with van der Waals surface area (Å²) in [6.45, 7) is 5.21. The topological polar surface area (TPSA) is 97.0 Å². The van der Waals surface area contributed by atoms with Crippen LogP contribution in [0.2, 0.25) is 0 Å². The largest absolute Gasteiger partial charge is 0.497 e. The highest BCUT2D eigenvalue weighted by atomic mass is 32.2. The number of nitrogens with zero attached hydrogens (tertiary/aromatic N) is 1. The average Bonchev–Trinajstić information content (AvgIpc) is 3.25. The van der Waals surface area contributed by atoms with Gasteiger partial charge in [0, 0.05) is 24.8 Å². The first kappa shape index (κ1) is 27.9. The lowest BCUT2D eigenvalue weighted by atomic mass is 9.86. The number of carbonyl (C=O) groups excluding carboxylic acids is 3. The Balaban J connectivity index is 1.59. The normalized spacial score (nSPS) is 21.5. The number of hydrazine groups is 1. The van der Waals surface area contributed by atoms with Crippen LogP contribution in [-0.4, -0.2) is 53.3 Å². The van der Waals surface area contributed by atoms with E-state index in [0.29, 0.717) is 22.6 Å². The lowest BCUT2D eigenvalue weighted by molar-refractivity contribution is -0.120. The predicted molar refractivity (Wildman–Crippen MR) is 139 cm³/mol. The summed E-state index contributed by atoms with van der Waals surface area (Å²) in [4.78, 5) is 40.0. The van der Waals surface area contributed by atoms with Gasteiger partial charge in [0.1, 0.15) is 17.0 Å². The quantitative estimate of drug-likeness (QED) is 0.530. The lowest BCUT2D eigenvalue weighted by Crippen LogP contribution is -2.46. The number of benzene rings is 1. The van der Waals surface area contributed by atoms with Crippen LogP contribution in [0.1, 0.15) is 52.0 Å². The summed E-state index contributed by atoms with van der Waals surface area (Å²) in [6.07, 6.45) is 1.10. The predicted octanol–water partition coefficient (Wildman–Crippen LogP) is 4.71. The fourth-order valence-electron chi connectivity index (χ4n) is 4.66. The van der Waals surface area contributed by atoms with Gasteiger partial charge in [0.15, 0.2) is 5.78 Å². The van der Waals surface area contributed by atoms with Crippen molar-refractivity contribution in [3.63, 3.8) is 0 Å². The molecule has 2 amide bonds. The molecule has 0 bridgehead atoms. The van der Waals surface area contributed by atoms with Crippen LogP contribution >= 0.6 is 11.8 Å². The summed E-state index contributed by atoms with van der Waals surface area (Å²) in [5.74, 6) is -3.11. The van der Waals surface area contributed by atoms with E-state index >= 15 is 0 Å². The number of thioether (sulfide) groups is 1. The molecule has 8 nitrogen and oxygen atoms in total. The Bertz CT molecular complexity index is 1150. The zero-order valence-electron chi connectivity index (χ0n) is 21.9. The van der Waals surface area contributed by atoms with Crippen LogP contribution in [0.3, 0.4) is 0 Å². The Hall–Kier alpha value is -3.08. The number of rotatable bonds is 6. The van der Waals surface area contributed by atoms with Gasteiger partial charge in [0.25, 0.3) is 5.91 Å². The second-order valence-electron chi connectivity index (χ2n) is 10.7. The van der Waals surface area contributed by atoms with Crippen molar-refractivity contribution in [1.29, 1.82) is 0 Å². The first-order valence-corrected chi connectivity index (χ1v) is 13.6. The Labute approximate surface area is 225 Å². The molecule has 1 atom stereocenters. The van der Waals surface area contributed by atoms with Crippen molar-refractivity contribution in [2.45, 2.75) is 70.4 Å². The zero-order valence-corrected chi connectivity index (χ0v) is 22.8. The van der Waals surface area contributed by atoms with Gasteiger partial charge in [-0.3, -0.25) is 14.6 Å². The van der Waals surface area contributed by atoms with Crippen molar-refractivity contribution in [3.05, 3.63) is 52.1 Å². The van der Waals surface area contributed by atoms with Crippen molar-refractivity contribution < 1.29 is 32.6 Å². The Morgan fingerprint density at radius 2 is 1.82 bits per heavy atom. The van der Waals surface area contributed by atoms with Crippen LogP contribution in [0, 0.1) is 5.92 Å². The molecule has 4 rings (SSSR count). The molecule has 1 saturated carbocycles. The summed E-state index contributed by atoms with van der Waals surface area (Å²) in [5, 5.41) is 4.31. The van der Waals surface area contributed by atoms with E-state index in [0.717, 1.165) is 5.56 Å². The van der Waals surface area contributed by atoms with Crippen LogP contribution in [0.4, 0.5) is 13.6 Å². The number of halogens is 2. The number of Topliss-reactive ketones (excluding diaryl/α,β-unsaturated/α-hetero) is 1. The molecule has 11 heteroatoms. The number of allylic oxidation sites excluding steroid dienone is 2. The molecule has 1 aliphatic heterocycles. The summed E-state index contributed by atoms with van der Waals surface area (Å²) < 4.78 is 37.8. The zero-order chi connectivity index (χ0) is 27.7. The molecule has 206 valence electrons. The van der Waals surface area contributed by atoms with E-state index in [9.17, 15) is 23.2 Å². The summed E-state index contributed by atoms with van der Waals surface area (Å²) in [6, 6.07) is 6.93. The highest BCUT2D eigenvalue weighted by Gasteiger charge is 2.42. The SMILES string of the molecule is COc1ccc(CC2C=C(C(=O)NC3CCC(F)(F)CC3)C3=C(C2=O)N(NC(=O)OC(C)(C)C)CS3)cc1. The van der Waals surface area contributed by atoms with Gasteiger partial charge >= 0.3 is 6.09 Å². The second kappa shape index (κ2) is 11.0. The molecule has 0 radical (unpaired) electrons. The van der Waals surface area contributed by atoms with Gasteiger partial charge in [-0.2, -0.15) is 0 Å². The molecule has 38 heavy (non-hydrogen) atoms. The smallest absolute Gasteiger partial charge is 0.426 e. The number of amides is 2. The average molecular weight is 550 g/mol. The number of alkyl halides is 2. The highest BCUT2D eigenvalue weighted by molar-refractivity contribution is 8.03. The van der Waals surface area contributed by atoms with E-state index in [2.05, 4.69) is 10.7 Å². The number of methoxy groups -OCH3 is 1. The van der Waals surface area contributed by atoms with E-state index in [-0.39, 0.29) is 49.1 Å². The van der Waals surface area contributed by atoms with E-state index in [4.69, 9.17) is 9.47 Å². The fourth-order valence-corrected chi connectivity index (χ4v) is 5.77. The minimum absolute atomic E-state index is 0.186. The third-order valence-corrected chi connectivity index (χ3v) is 7.63. The van der Waals surface area contributed by atoms with E-state index < -0.39 is 29.4 Å². The molecule has 2 aliphatic carbocycles. The van der Waals surface area contributed by atoms with Crippen molar-refractivity contribution in [2.75, 3.05) is 13.0 Å². The number of carbonyl (C=O) groups is 3. The van der Waals surface area contributed by atoms with Gasteiger partial charge in [-0.25, -0.2) is 19.0 Å². The maximum atomic E-state index is 13.7. The first-order valence-electron chi connectivity index (χ1n) is 12.6. The number of ether oxygens (including phenoxy) is 2. The molecule has 0 spiro atoms. The second-order valence-corrected chi connectivity index (χ2v) is 11.7. The molecular formula is C27H33F2N3O5S. The third kappa shape index (κ3) is 6.67. The van der Waals surface area contributed by atoms with E-state index in [1.807, 2.05) is 12.1 Å². The molecule has 1 aromatic rings. The molecule has 1 unspecified atom stereocenters. The molecule has 0 aromatic heterocycles. The Kier molecular flexibility index (Phi) is 8.06. The van der Waals surface area contributed by atoms with E-state index in [1.165, 1.54) is 16.8 Å². The van der Waals surface area contributed by atoms with Crippen molar-refractivity contribution in [1.82, 2.24) is 15.8 Å². The van der Waals surface area contributed by atoms with Gasteiger partial charge in [-0.1, -0.05) is 30.0 Å². The number of nitrogens with one attached hydrogen (secondary N) is 2. The monoisotopic (exact) mass is 549 g/mol. The molecule has 2 N–H and O–H groups in total. The van der Waals surface area contributed by atoms with Crippen LogP contribution < -0.4 is 15.5 Å². The minimum Gasteiger partial charge on any atom is -0.497 e. The number of hydrogen-bond acceptors (Lipinski definition) is 7. The van der Waals surface area contributed by atoms with Gasteiger partial charge in [-0.15, -0.1) is 0 Å². The van der Waals surface area contributed by atoms with Gasteiger partial charge in [0.2, 0.25) is 5.92 Å². The molecule has 0 saturated heterocycles. The molecule has 1 heterocycles. The molecule has 1 fully saturated rings. The molecule has 3 aliphatic rings. The third-order valence-electron chi connectivity index (χ3n) is 6.54. The maximum absolute atomic E-state index is 13.7. The van der Waals surface area contributed by atoms with Gasteiger partial charge in [-0.05, 0) is 57.7 Å². The van der Waals surface area contributed by atoms with Crippen molar-refractivity contribution in [3.8, 4) is 5.75 Å². The molecular weight excluding hydrogens is 516 g/mol. The fraction of sp³-hybridized carbons (Fsp3) is 0.519. The maximum Gasteiger partial charge on any atom is 0.426 e. The van der Waals surface area contributed by atoms with Crippen molar-refractivity contribution >= 4 is 29.5 Å². The van der Waals surface area contributed by atoms with Crippen LogP contribution in [0.15, 0.2) is 46.5 Å².